The Morgan fingerprint density at radius 3 is 2.46 bits per heavy atom. The average Bonchev–Trinajstić information content (AvgIpc) is 3.47. The highest BCUT2D eigenvalue weighted by atomic mass is 19.4. The van der Waals surface area contributed by atoms with Gasteiger partial charge < -0.3 is 5.32 Å². The number of alkyl halides is 3. The Bertz CT molecular complexity index is 910. The number of halogens is 3. The lowest BCUT2D eigenvalue weighted by Crippen LogP contribution is -2.30. The van der Waals surface area contributed by atoms with Crippen LogP contribution in [0.25, 0.3) is 0 Å². The van der Waals surface area contributed by atoms with Gasteiger partial charge >= 0.3 is 12.1 Å². The number of rotatable bonds is 5. The number of carbonyl (C=O) groups is 2. The van der Waals surface area contributed by atoms with Gasteiger partial charge in [-0.05, 0) is 42.5 Å². The first-order valence-corrected chi connectivity index (χ1v) is 8.63. The fourth-order valence-corrected chi connectivity index (χ4v) is 2.86. The van der Waals surface area contributed by atoms with Crippen LogP contribution in [0.3, 0.4) is 0 Å². The Morgan fingerprint density at radius 1 is 1.07 bits per heavy atom. The van der Waals surface area contributed by atoms with Crippen molar-refractivity contribution in [3.05, 3.63) is 65.7 Å². The van der Waals surface area contributed by atoms with Crippen LogP contribution in [0.1, 0.15) is 30.4 Å². The summed E-state index contributed by atoms with van der Waals surface area (Å²) in [5.41, 5.74) is 4.50. The molecule has 2 amide bonds. The van der Waals surface area contributed by atoms with Gasteiger partial charge in [-0.2, -0.15) is 18.3 Å². The van der Waals surface area contributed by atoms with Gasteiger partial charge in [0.15, 0.2) is 0 Å². The summed E-state index contributed by atoms with van der Waals surface area (Å²) in [6, 6.07) is 15.5. The number of amides is 2. The zero-order chi connectivity index (χ0) is 20.3. The van der Waals surface area contributed by atoms with E-state index in [2.05, 4.69) is 10.5 Å². The molecule has 2 unspecified atom stereocenters. The van der Waals surface area contributed by atoms with Crippen molar-refractivity contribution in [2.24, 2.45) is 11.0 Å². The molecule has 0 aromatic heterocycles. The number of hydrogen-bond acceptors (Lipinski definition) is 3. The fourth-order valence-electron chi connectivity index (χ4n) is 2.86. The number of benzene rings is 2. The quantitative estimate of drug-likeness (QED) is 0.603. The SMILES string of the molecule is C/C(=N\NC(=O)C1CC1c1ccccc1)c1cccc(NC(=O)C(F)(F)F)c1. The smallest absolute Gasteiger partial charge is 0.318 e. The molecule has 8 heteroatoms. The Balaban J connectivity index is 1.60. The summed E-state index contributed by atoms with van der Waals surface area (Å²) in [6.07, 6.45) is -4.21. The van der Waals surface area contributed by atoms with Crippen LogP contribution in [0.15, 0.2) is 59.7 Å². The molecule has 2 aromatic carbocycles. The van der Waals surface area contributed by atoms with E-state index in [1.165, 1.54) is 18.2 Å². The van der Waals surface area contributed by atoms with E-state index in [0.717, 1.165) is 12.0 Å². The van der Waals surface area contributed by atoms with Gasteiger partial charge in [-0.3, -0.25) is 9.59 Å². The summed E-state index contributed by atoms with van der Waals surface area (Å²) >= 11 is 0. The van der Waals surface area contributed by atoms with Crippen molar-refractivity contribution in [1.29, 1.82) is 0 Å². The fraction of sp³-hybridized carbons (Fsp3) is 0.250. The molecular weight excluding hydrogens is 371 g/mol. The Hall–Kier alpha value is -3.16. The van der Waals surface area contributed by atoms with Crippen molar-refractivity contribution < 1.29 is 22.8 Å². The first-order valence-electron chi connectivity index (χ1n) is 8.63. The predicted octanol–water partition coefficient (Wildman–Crippen LogP) is 3.83. The maximum absolute atomic E-state index is 12.4. The number of hydrazone groups is 1. The third-order valence-corrected chi connectivity index (χ3v) is 4.48. The lowest BCUT2D eigenvalue weighted by Gasteiger charge is -2.09. The molecule has 1 aliphatic carbocycles. The van der Waals surface area contributed by atoms with E-state index in [9.17, 15) is 22.8 Å². The van der Waals surface area contributed by atoms with Crippen LogP contribution >= 0.6 is 0 Å². The summed E-state index contributed by atoms with van der Waals surface area (Å²) in [4.78, 5) is 23.3. The lowest BCUT2D eigenvalue weighted by atomic mass is 10.1. The monoisotopic (exact) mass is 389 g/mol. The van der Waals surface area contributed by atoms with Crippen LogP contribution in [0.4, 0.5) is 18.9 Å². The zero-order valence-electron chi connectivity index (χ0n) is 15.0. The molecule has 0 spiro atoms. The maximum atomic E-state index is 12.4. The van der Waals surface area contributed by atoms with E-state index < -0.39 is 12.1 Å². The predicted molar refractivity (Wildman–Crippen MR) is 98.8 cm³/mol. The normalized spacial score (nSPS) is 19.1. The van der Waals surface area contributed by atoms with E-state index >= 15 is 0 Å². The van der Waals surface area contributed by atoms with E-state index in [4.69, 9.17) is 0 Å². The van der Waals surface area contributed by atoms with Crippen LogP contribution < -0.4 is 10.7 Å². The zero-order valence-corrected chi connectivity index (χ0v) is 15.0. The lowest BCUT2D eigenvalue weighted by molar-refractivity contribution is -0.167. The largest absolute Gasteiger partial charge is 0.471 e. The van der Waals surface area contributed by atoms with Gasteiger partial charge in [-0.1, -0.05) is 42.5 Å². The van der Waals surface area contributed by atoms with Crippen molar-refractivity contribution in [2.45, 2.75) is 25.4 Å². The minimum absolute atomic E-state index is 0.00737. The summed E-state index contributed by atoms with van der Waals surface area (Å²) in [5, 5.41) is 5.82. The summed E-state index contributed by atoms with van der Waals surface area (Å²) in [5.74, 6) is -2.21. The first kappa shape index (κ1) is 19.6. The van der Waals surface area contributed by atoms with Crippen LogP contribution in [-0.4, -0.2) is 23.7 Å². The summed E-state index contributed by atoms with van der Waals surface area (Å²) < 4.78 is 37.1. The number of anilines is 1. The second-order valence-corrected chi connectivity index (χ2v) is 6.57. The standard InChI is InChI=1S/C20H18F3N3O2/c1-12(14-8-5-9-15(10-14)24-19(28)20(21,22)23)25-26-18(27)17-11-16(17)13-6-3-2-4-7-13/h2-10,16-17H,11H2,1H3,(H,24,28)(H,26,27)/b25-12+. The van der Waals surface area contributed by atoms with E-state index in [1.54, 1.807) is 18.3 Å². The van der Waals surface area contributed by atoms with Gasteiger partial charge in [0.2, 0.25) is 5.91 Å². The van der Waals surface area contributed by atoms with E-state index in [0.29, 0.717) is 11.3 Å². The van der Waals surface area contributed by atoms with Crippen molar-refractivity contribution in [3.8, 4) is 0 Å². The molecule has 1 fully saturated rings. The molecule has 28 heavy (non-hydrogen) atoms. The highest BCUT2D eigenvalue weighted by Crippen LogP contribution is 2.47. The molecule has 5 nitrogen and oxygen atoms in total. The highest BCUT2D eigenvalue weighted by molar-refractivity contribution is 6.01. The second kappa shape index (κ2) is 7.84. The maximum Gasteiger partial charge on any atom is 0.471 e. The van der Waals surface area contributed by atoms with Gasteiger partial charge in [0.1, 0.15) is 0 Å². The molecule has 0 radical (unpaired) electrons. The molecule has 2 aromatic rings. The molecule has 3 rings (SSSR count). The van der Waals surface area contributed by atoms with E-state index in [-0.39, 0.29) is 23.4 Å². The summed E-state index contributed by atoms with van der Waals surface area (Å²) in [7, 11) is 0. The molecule has 1 aliphatic rings. The highest BCUT2D eigenvalue weighted by Gasteiger charge is 2.43. The van der Waals surface area contributed by atoms with Gasteiger partial charge in [-0.15, -0.1) is 0 Å². The molecule has 2 N–H and O–H groups in total. The third kappa shape index (κ3) is 4.76. The Morgan fingerprint density at radius 2 is 1.79 bits per heavy atom. The van der Waals surface area contributed by atoms with Crippen molar-refractivity contribution in [2.75, 3.05) is 5.32 Å². The molecule has 2 atom stereocenters. The number of nitrogens with one attached hydrogen (secondary N) is 2. The van der Waals surface area contributed by atoms with E-state index in [1.807, 2.05) is 30.3 Å². The second-order valence-electron chi connectivity index (χ2n) is 6.57. The third-order valence-electron chi connectivity index (χ3n) is 4.48. The molecule has 146 valence electrons. The minimum atomic E-state index is -4.97. The van der Waals surface area contributed by atoms with Crippen LogP contribution in [0.5, 0.6) is 0 Å². The number of nitrogens with zero attached hydrogens (tertiary/aromatic N) is 1. The average molecular weight is 389 g/mol. The van der Waals surface area contributed by atoms with Crippen LogP contribution in [0.2, 0.25) is 0 Å². The first-order chi connectivity index (χ1) is 13.3. The van der Waals surface area contributed by atoms with Crippen molar-refractivity contribution in [1.82, 2.24) is 5.43 Å². The van der Waals surface area contributed by atoms with Crippen LogP contribution in [0, 0.1) is 5.92 Å². The van der Waals surface area contributed by atoms with Gasteiger partial charge in [0.25, 0.3) is 0 Å². The Kier molecular flexibility index (Phi) is 5.48. The van der Waals surface area contributed by atoms with Gasteiger partial charge in [0, 0.05) is 11.6 Å². The molecule has 0 bridgehead atoms. The minimum Gasteiger partial charge on any atom is -0.318 e. The molecular formula is C20H18F3N3O2. The molecule has 0 aliphatic heterocycles. The van der Waals surface area contributed by atoms with Gasteiger partial charge in [0.05, 0.1) is 5.71 Å². The molecule has 0 saturated heterocycles. The number of carbonyl (C=O) groups excluding carboxylic acids is 2. The van der Waals surface area contributed by atoms with Crippen molar-refractivity contribution >= 4 is 23.2 Å². The Labute approximate surface area is 159 Å². The topological polar surface area (TPSA) is 70.6 Å². The van der Waals surface area contributed by atoms with Crippen molar-refractivity contribution in [3.63, 3.8) is 0 Å². The number of hydrogen-bond donors (Lipinski definition) is 2. The van der Waals surface area contributed by atoms with Gasteiger partial charge in [-0.25, -0.2) is 5.43 Å². The summed E-state index contributed by atoms with van der Waals surface area (Å²) in [6.45, 7) is 1.62. The molecule has 0 heterocycles. The molecule has 1 saturated carbocycles. The van der Waals surface area contributed by atoms with Crippen LogP contribution in [-0.2, 0) is 9.59 Å².